The maximum Gasteiger partial charge on any atom is 0.191 e. The third kappa shape index (κ3) is 6.40. The Morgan fingerprint density at radius 1 is 1.21 bits per heavy atom. The van der Waals surface area contributed by atoms with Gasteiger partial charge in [0.15, 0.2) is 5.96 Å². The summed E-state index contributed by atoms with van der Waals surface area (Å²) in [6.07, 6.45) is 7.65. The van der Waals surface area contributed by atoms with Crippen LogP contribution in [-0.4, -0.2) is 50.2 Å². The minimum absolute atomic E-state index is 0.724. The zero-order valence-electron chi connectivity index (χ0n) is 18.0. The van der Waals surface area contributed by atoms with E-state index in [0.29, 0.717) is 0 Å². The molecule has 1 aliphatic heterocycles. The highest BCUT2D eigenvalue weighted by atomic mass is 16.5. The Hall–Kier alpha value is -1.75. The molecule has 1 aromatic carbocycles. The van der Waals surface area contributed by atoms with Crippen LogP contribution in [0.1, 0.15) is 56.6 Å². The van der Waals surface area contributed by atoms with Crippen LogP contribution >= 0.6 is 0 Å². The van der Waals surface area contributed by atoms with E-state index in [-0.39, 0.29) is 0 Å². The fraction of sp³-hybridized carbons (Fsp3) is 0.696. The molecule has 1 aliphatic carbocycles. The first-order valence-electron chi connectivity index (χ1n) is 11.1. The molecule has 5 nitrogen and oxygen atoms in total. The number of nitrogens with one attached hydrogen (secondary N) is 2. The van der Waals surface area contributed by atoms with E-state index in [1.165, 1.54) is 56.3 Å². The Labute approximate surface area is 170 Å². The summed E-state index contributed by atoms with van der Waals surface area (Å²) in [5.41, 5.74) is 2.42. The maximum absolute atomic E-state index is 6.06. The highest BCUT2D eigenvalue weighted by Crippen LogP contribution is 2.31. The smallest absolute Gasteiger partial charge is 0.191 e. The number of guanidine groups is 1. The largest absolute Gasteiger partial charge is 0.493 e. The first kappa shape index (κ1) is 21.0. The molecule has 0 amide bonds. The van der Waals surface area contributed by atoms with Crippen LogP contribution in [0.4, 0.5) is 0 Å². The minimum atomic E-state index is 0.724. The van der Waals surface area contributed by atoms with E-state index in [1.54, 1.807) is 0 Å². The van der Waals surface area contributed by atoms with Gasteiger partial charge in [-0.1, -0.05) is 31.9 Å². The number of benzene rings is 1. The number of nitrogens with zero attached hydrogens (tertiary/aromatic N) is 2. The van der Waals surface area contributed by atoms with Crippen LogP contribution in [-0.2, 0) is 6.54 Å². The van der Waals surface area contributed by atoms with E-state index in [4.69, 9.17) is 4.74 Å². The quantitative estimate of drug-likeness (QED) is 0.366. The molecule has 28 heavy (non-hydrogen) atoms. The molecule has 2 aliphatic rings. The van der Waals surface area contributed by atoms with Crippen molar-refractivity contribution in [3.63, 3.8) is 0 Å². The molecular weight excluding hydrogens is 348 g/mol. The summed E-state index contributed by atoms with van der Waals surface area (Å²) >= 11 is 0. The van der Waals surface area contributed by atoms with Crippen LogP contribution in [0.25, 0.3) is 0 Å². The first-order valence-corrected chi connectivity index (χ1v) is 11.1. The molecule has 2 fully saturated rings. The fourth-order valence-electron chi connectivity index (χ4n) is 3.92. The van der Waals surface area contributed by atoms with Crippen LogP contribution in [0.5, 0.6) is 5.75 Å². The van der Waals surface area contributed by atoms with E-state index in [1.807, 2.05) is 7.05 Å². The minimum Gasteiger partial charge on any atom is -0.493 e. The summed E-state index contributed by atoms with van der Waals surface area (Å²) in [4.78, 5) is 7.07. The Morgan fingerprint density at radius 3 is 2.82 bits per heavy atom. The van der Waals surface area contributed by atoms with Gasteiger partial charge in [0.25, 0.3) is 0 Å². The molecule has 1 aromatic rings. The number of aliphatic imine (C=N–C) groups is 1. The second-order valence-electron chi connectivity index (χ2n) is 8.35. The van der Waals surface area contributed by atoms with E-state index < -0.39 is 0 Å². The summed E-state index contributed by atoms with van der Waals surface area (Å²) in [6.45, 7) is 9.35. The molecule has 156 valence electrons. The van der Waals surface area contributed by atoms with Crippen LogP contribution in [0.2, 0.25) is 0 Å². The molecule has 1 saturated heterocycles. The zero-order valence-corrected chi connectivity index (χ0v) is 18.0. The molecule has 1 heterocycles. The van der Waals surface area contributed by atoms with Gasteiger partial charge in [0.2, 0.25) is 0 Å². The molecule has 0 radical (unpaired) electrons. The van der Waals surface area contributed by atoms with Crippen molar-refractivity contribution < 1.29 is 4.74 Å². The van der Waals surface area contributed by atoms with Crippen LogP contribution < -0.4 is 15.4 Å². The number of unbranched alkanes of at least 4 members (excludes halogenated alkanes) is 2. The van der Waals surface area contributed by atoms with Crippen molar-refractivity contribution in [2.75, 3.05) is 33.3 Å². The number of hydrogen-bond acceptors (Lipinski definition) is 3. The summed E-state index contributed by atoms with van der Waals surface area (Å²) in [5, 5.41) is 6.99. The fourth-order valence-corrected chi connectivity index (χ4v) is 3.92. The van der Waals surface area contributed by atoms with Crippen molar-refractivity contribution in [1.29, 1.82) is 0 Å². The monoisotopic (exact) mass is 386 g/mol. The molecule has 3 rings (SSSR count). The van der Waals surface area contributed by atoms with E-state index in [0.717, 1.165) is 49.8 Å². The maximum atomic E-state index is 6.06. The lowest BCUT2D eigenvalue weighted by Crippen LogP contribution is -2.40. The van der Waals surface area contributed by atoms with Gasteiger partial charge in [0.1, 0.15) is 5.75 Å². The third-order valence-corrected chi connectivity index (χ3v) is 5.84. The summed E-state index contributed by atoms with van der Waals surface area (Å²) in [6, 6.07) is 7.34. The number of rotatable bonds is 10. The molecule has 1 atom stereocenters. The normalized spacial score (nSPS) is 20.4. The highest BCUT2D eigenvalue weighted by Gasteiger charge is 2.34. The molecule has 2 N–H and O–H groups in total. The second-order valence-corrected chi connectivity index (χ2v) is 8.35. The number of ether oxygens (including phenoxy) is 1. The average molecular weight is 387 g/mol. The van der Waals surface area contributed by atoms with E-state index in [2.05, 4.69) is 52.6 Å². The van der Waals surface area contributed by atoms with Gasteiger partial charge in [-0.3, -0.25) is 4.99 Å². The molecule has 0 spiro atoms. The summed E-state index contributed by atoms with van der Waals surface area (Å²) in [7, 11) is 1.85. The number of likely N-dealkylation sites (tertiary alicyclic amines) is 1. The molecule has 1 unspecified atom stereocenters. The van der Waals surface area contributed by atoms with Crippen molar-refractivity contribution in [1.82, 2.24) is 15.5 Å². The third-order valence-electron chi connectivity index (χ3n) is 5.84. The Bertz CT molecular complexity index is 641. The summed E-state index contributed by atoms with van der Waals surface area (Å²) in [5.74, 6) is 2.60. The van der Waals surface area contributed by atoms with Crippen LogP contribution in [0.15, 0.2) is 23.2 Å². The first-order chi connectivity index (χ1) is 13.7. The zero-order chi connectivity index (χ0) is 19.8. The lowest BCUT2D eigenvalue weighted by molar-refractivity contribution is 0.303. The van der Waals surface area contributed by atoms with Crippen molar-refractivity contribution >= 4 is 5.96 Å². The van der Waals surface area contributed by atoms with Gasteiger partial charge in [-0.25, -0.2) is 0 Å². The standard InChI is InChI=1S/C23H38N4O/c1-4-5-6-13-28-22-14-18(2)7-8-20(22)16-26-23(24-3)25-15-19-11-12-27(17-19)21-9-10-21/h7-8,14,19,21H,4-6,9-13,15-17H2,1-3H3,(H2,24,25,26). The van der Waals surface area contributed by atoms with Crippen molar-refractivity contribution in [2.24, 2.45) is 10.9 Å². The predicted molar refractivity (Wildman–Crippen MR) is 117 cm³/mol. The van der Waals surface area contributed by atoms with Crippen molar-refractivity contribution in [3.8, 4) is 5.75 Å². The van der Waals surface area contributed by atoms with E-state index >= 15 is 0 Å². The van der Waals surface area contributed by atoms with Crippen molar-refractivity contribution in [3.05, 3.63) is 29.3 Å². The predicted octanol–water partition coefficient (Wildman–Crippen LogP) is 3.71. The van der Waals surface area contributed by atoms with Gasteiger partial charge in [-0.05, 0) is 56.7 Å². The molecule has 5 heteroatoms. The molecule has 0 bridgehead atoms. The van der Waals surface area contributed by atoms with Crippen LogP contribution in [0, 0.1) is 12.8 Å². The number of aryl methyl sites for hydroxylation is 1. The Balaban J connectivity index is 1.45. The van der Waals surface area contributed by atoms with Gasteiger partial charge < -0.3 is 20.3 Å². The molecule has 0 aromatic heterocycles. The van der Waals surface area contributed by atoms with E-state index in [9.17, 15) is 0 Å². The van der Waals surface area contributed by atoms with Crippen molar-refractivity contribution in [2.45, 2.75) is 65.0 Å². The number of hydrogen-bond donors (Lipinski definition) is 2. The SMILES string of the molecule is CCCCCOc1cc(C)ccc1CNC(=NC)NCC1CCN(C2CC2)C1. The van der Waals surface area contributed by atoms with Gasteiger partial charge in [-0.15, -0.1) is 0 Å². The topological polar surface area (TPSA) is 48.9 Å². The molecule has 1 saturated carbocycles. The van der Waals surface area contributed by atoms with Gasteiger partial charge >= 0.3 is 0 Å². The van der Waals surface area contributed by atoms with Gasteiger partial charge in [0.05, 0.1) is 6.61 Å². The summed E-state index contributed by atoms with van der Waals surface area (Å²) < 4.78 is 6.06. The lowest BCUT2D eigenvalue weighted by Gasteiger charge is -2.18. The van der Waals surface area contributed by atoms with Gasteiger partial charge in [0, 0.05) is 38.3 Å². The van der Waals surface area contributed by atoms with Gasteiger partial charge in [-0.2, -0.15) is 0 Å². The second kappa shape index (κ2) is 10.7. The Kier molecular flexibility index (Phi) is 8.01. The lowest BCUT2D eigenvalue weighted by atomic mass is 10.1. The highest BCUT2D eigenvalue weighted by molar-refractivity contribution is 5.79. The van der Waals surface area contributed by atoms with Crippen LogP contribution in [0.3, 0.4) is 0 Å². The average Bonchev–Trinajstić information content (AvgIpc) is 3.45. The molecular formula is C23H38N4O. The Morgan fingerprint density at radius 2 is 2.07 bits per heavy atom.